The molecule has 2 amide bonds. The molecule has 0 fully saturated rings. The SMILES string of the molecule is O=C(CSc1ccc(NC(=O)c2cccc(F)c2)nn1)Nc1ccc([N+](=O)[O-])cc1. The first-order valence-corrected chi connectivity index (χ1v) is 9.47. The summed E-state index contributed by atoms with van der Waals surface area (Å²) in [7, 11) is 0. The summed E-state index contributed by atoms with van der Waals surface area (Å²) >= 11 is 1.13. The molecular weight excluding hydrogens is 413 g/mol. The van der Waals surface area contributed by atoms with Crippen LogP contribution in [0.2, 0.25) is 0 Å². The number of nitro groups is 1. The van der Waals surface area contributed by atoms with Gasteiger partial charge in [0.1, 0.15) is 10.8 Å². The van der Waals surface area contributed by atoms with E-state index in [9.17, 15) is 24.1 Å². The fraction of sp³-hybridized carbons (Fsp3) is 0.0526. The molecule has 0 atom stereocenters. The quantitative estimate of drug-likeness (QED) is 0.335. The first kappa shape index (κ1) is 20.9. The van der Waals surface area contributed by atoms with Crippen molar-refractivity contribution in [2.45, 2.75) is 5.03 Å². The number of halogens is 1. The van der Waals surface area contributed by atoms with E-state index in [1.165, 1.54) is 48.5 Å². The van der Waals surface area contributed by atoms with Gasteiger partial charge in [0, 0.05) is 23.4 Å². The van der Waals surface area contributed by atoms with Crippen molar-refractivity contribution < 1.29 is 18.9 Å². The average Bonchev–Trinajstić information content (AvgIpc) is 2.73. The Bertz CT molecular complexity index is 1080. The van der Waals surface area contributed by atoms with E-state index in [0.717, 1.165) is 17.8 Å². The number of thioether (sulfide) groups is 1. The molecule has 0 bridgehead atoms. The van der Waals surface area contributed by atoms with Crippen molar-refractivity contribution in [2.24, 2.45) is 0 Å². The molecule has 152 valence electrons. The van der Waals surface area contributed by atoms with Crippen molar-refractivity contribution >= 4 is 40.8 Å². The number of aromatic nitrogens is 2. The molecule has 2 aromatic carbocycles. The number of carbonyl (C=O) groups excluding carboxylic acids is 2. The molecule has 9 nitrogen and oxygen atoms in total. The third kappa shape index (κ3) is 5.82. The molecule has 2 N–H and O–H groups in total. The van der Waals surface area contributed by atoms with Crippen LogP contribution in [0, 0.1) is 15.9 Å². The van der Waals surface area contributed by atoms with E-state index >= 15 is 0 Å². The number of nitro benzene ring substituents is 1. The first-order chi connectivity index (χ1) is 14.4. The van der Waals surface area contributed by atoms with Crippen LogP contribution in [0.5, 0.6) is 0 Å². The Balaban J connectivity index is 1.49. The first-order valence-electron chi connectivity index (χ1n) is 8.48. The molecule has 0 saturated carbocycles. The number of non-ortho nitro benzene ring substituents is 1. The van der Waals surface area contributed by atoms with E-state index in [4.69, 9.17) is 0 Å². The molecule has 30 heavy (non-hydrogen) atoms. The molecular formula is C19H14FN5O4S. The number of amides is 2. The molecule has 11 heteroatoms. The summed E-state index contributed by atoms with van der Waals surface area (Å²) in [5.74, 6) is -1.14. The molecule has 0 aliphatic heterocycles. The van der Waals surface area contributed by atoms with Crippen molar-refractivity contribution in [2.75, 3.05) is 16.4 Å². The fourth-order valence-corrected chi connectivity index (χ4v) is 2.90. The average molecular weight is 427 g/mol. The smallest absolute Gasteiger partial charge is 0.269 e. The van der Waals surface area contributed by atoms with Crippen LogP contribution in [0.25, 0.3) is 0 Å². The number of nitrogens with one attached hydrogen (secondary N) is 2. The van der Waals surface area contributed by atoms with Crippen molar-refractivity contribution in [1.82, 2.24) is 10.2 Å². The minimum Gasteiger partial charge on any atom is -0.325 e. The zero-order valence-electron chi connectivity index (χ0n) is 15.2. The summed E-state index contributed by atoms with van der Waals surface area (Å²) in [4.78, 5) is 34.2. The third-order valence-corrected chi connectivity index (χ3v) is 4.60. The number of benzene rings is 2. The zero-order chi connectivity index (χ0) is 21.5. The fourth-order valence-electron chi connectivity index (χ4n) is 2.28. The maximum atomic E-state index is 13.2. The minimum absolute atomic E-state index is 0.0423. The van der Waals surface area contributed by atoms with Crippen molar-refractivity contribution in [3.05, 3.63) is 82.2 Å². The number of anilines is 2. The Morgan fingerprint density at radius 3 is 2.43 bits per heavy atom. The maximum absolute atomic E-state index is 13.2. The van der Waals surface area contributed by atoms with Crippen LogP contribution >= 0.6 is 11.8 Å². The second-order valence-electron chi connectivity index (χ2n) is 5.86. The summed E-state index contributed by atoms with van der Waals surface area (Å²) in [6.07, 6.45) is 0. The summed E-state index contributed by atoms with van der Waals surface area (Å²) in [6.45, 7) is 0. The maximum Gasteiger partial charge on any atom is 0.269 e. The Hall–Kier alpha value is -3.86. The molecule has 3 aromatic rings. The molecule has 0 spiro atoms. The number of rotatable bonds is 7. The van der Waals surface area contributed by atoms with Crippen LogP contribution in [0.1, 0.15) is 10.4 Å². The van der Waals surface area contributed by atoms with E-state index in [1.54, 1.807) is 6.07 Å². The Morgan fingerprint density at radius 1 is 1.03 bits per heavy atom. The highest BCUT2D eigenvalue weighted by Crippen LogP contribution is 2.18. The van der Waals surface area contributed by atoms with Crippen LogP contribution in [0.3, 0.4) is 0 Å². The molecule has 3 rings (SSSR count). The predicted octanol–water partition coefficient (Wildman–Crippen LogP) is 3.51. The summed E-state index contributed by atoms with van der Waals surface area (Å²) < 4.78 is 13.2. The molecule has 0 aliphatic carbocycles. The van der Waals surface area contributed by atoms with Gasteiger partial charge in [0.05, 0.1) is 10.7 Å². The highest BCUT2D eigenvalue weighted by Gasteiger charge is 2.10. The van der Waals surface area contributed by atoms with Gasteiger partial charge in [-0.3, -0.25) is 19.7 Å². The standard InChI is InChI=1S/C19H14FN5O4S/c20-13-3-1-2-12(10-13)19(27)22-16-8-9-18(24-23-16)30-11-17(26)21-14-4-6-15(7-5-14)25(28)29/h1-10H,11H2,(H,21,26)(H,22,23,27). The largest absolute Gasteiger partial charge is 0.325 e. The third-order valence-electron chi connectivity index (χ3n) is 3.68. The van der Waals surface area contributed by atoms with E-state index in [0.29, 0.717) is 10.7 Å². The van der Waals surface area contributed by atoms with Gasteiger partial charge in [-0.2, -0.15) is 0 Å². The topological polar surface area (TPSA) is 127 Å². The number of nitrogens with zero attached hydrogens (tertiary/aromatic N) is 3. The number of hydrogen-bond donors (Lipinski definition) is 2. The lowest BCUT2D eigenvalue weighted by Crippen LogP contribution is -2.15. The molecule has 0 radical (unpaired) electrons. The van der Waals surface area contributed by atoms with Gasteiger partial charge in [0.25, 0.3) is 11.6 Å². The normalized spacial score (nSPS) is 10.3. The van der Waals surface area contributed by atoms with Gasteiger partial charge in [0.2, 0.25) is 5.91 Å². The van der Waals surface area contributed by atoms with E-state index in [1.807, 2.05) is 0 Å². The van der Waals surface area contributed by atoms with Crippen LogP contribution in [0.4, 0.5) is 21.6 Å². The molecule has 1 aromatic heterocycles. The molecule has 0 unspecified atom stereocenters. The van der Waals surface area contributed by atoms with Gasteiger partial charge >= 0.3 is 0 Å². The second kappa shape index (κ2) is 9.56. The predicted molar refractivity (Wildman–Crippen MR) is 109 cm³/mol. The summed E-state index contributed by atoms with van der Waals surface area (Å²) in [5.41, 5.74) is 0.521. The van der Waals surface area contributed by atoms with E-state index in [-0.39, 0.29) is 28.7 Å². The van der Waals surface area contributed by atoms with Gasteiger partial charge < -0.3 is 10.6 Å². The van der Waals surface area contributed by atoms with Gasteiger partial charge in [0.15, 0.2) is 5.82 Å². The lowest BCUT2D eigenvalue weighted by molar-refractivity contribution is -0.384. The molecule has 0 saturated heterocycles. The number of carbonyl (C=O) groups is 2. The monoisotopic (exact) mass is 427 g/mol. The molecule has 0 aliphatic rings. The Morgan fingerprint density at radius 2 is 1.80 bits per heavy atom. The second-order valence-corrected chi connectivity index (χ2v) is 6.86. The van der Waals surface area contributed by atoms with Crippen molar-refractivity contribution in [3.8, 4) is 0 Å². The highest BCUT2D eigenvalue weighted by molar-refractivity contribution is 7.99. The van der Waals surface area contributed by atoms with Gasteiger partial charge in [-0.25, -0.2) is 4.39 Å². The van der Waals surface area contributed by atoms with E-state index < -0.39 is 16.6 Å². The van der Waals surface area contributed by atoms with Gasteiger partial charge in [-0.05, 0) is 42.5 Å². The lowest BCUT2D eigenvalue weighted by Gasteiger charge is -2.06. The Labute approximate surface area is 173 Å². The van der Waals surface area contributed by atoms with Gasteiger partial charge in [-0.1, -0.05) is 17.8 Å². The molecule has 1 heterocycles. The summed E-state index contributed by atoms with van der Waals surface area (Å²) in [6, 6.07) is 13.8. The number of hydrogen-bond acceptors (Lipinski definition) is 7. The summed E-state index contributed by atoms with van der Waals surface area (Å²) in [5, 5.41) is 24.0. The van der Waals surface area contributed by atoms with Crippen LogP contribution in [-0.4, -0.2) is 32.7 Å². The van der Waals surface area contributed by atoms with Crippen molar-refractivity contribution in [1.29, 1.82) is 0 Å². The van der Waals surface area contributed by atoms with Gasteiger partial charge in [-0.15, -0.1) is 10.2 Å². The Kier molecular flexibility index (Phi) is 6.65. The highest BCUT2D eigenvalue weighted by atomic mass is 32.2. The van der Waals surface area contributed by atoms with Crippen molar-refractivity contribution in [3.63, 3.8) is 0 Å². The minimum atomic E-state index is -0.523. The van der Waals surface area contributed by atoms with Crippen LogP contribution < -0.4 is 10.6 Å². The lowest BCUT2D eigenvalue weighted by atomic mass is 10.2. The van der Waals surface area contributed by atoms with Crippen LogP contribution in [-0.2, 0) is 4.79 Å². The van der Waals surface area contributed by atoms with E-state index in [2.05, 4.69) is 20.8 Å². The zero-order valence-corrected chi connectivity index (χ0v) is 16.1. The van der Waals surface area contributed by atoms with Crippen LogP contribution in [0.15, 0.2) is 65.7 Å².